The van der Waals surface area contributed by atoms with Gasteiger partial charge < -0.3 is 10.6 Å². The average molecular weight is 227 g/mol. The Morgan fingerprint density at radius 3 is 2.65 bits per heavy atom. The van der Waals surface area contributed by atoms with Crippen molar-refractivity contribution in [2.24, 2.45) is 0 Å². The fourth-order valence-electron chi connectivity index (χ4n) is 1.86. The van der Waals surface area contributed by atoms with E-state index >= 15 is 0 Å². The zero-order valence-electron chi connectivity index (χ0n) is 10.2. The Labute approximate surface area is 102 Å². The third-order valence-corrected chi connectivity index (χ3v) is 2.90. The van der Waals surface area contributed by atoms with Gasteiger partial charge in [0.25, 0.3) is 0 Å². The van der Waals surface area contributed by atoms with Crippen molar-refractivity contribution in [3.8, 4) is 0 Å². The highest BCUT2D eigenvalue weighted by atomic mass is 15.1. The van der Waals surface area contributed by atoms with Crippen molar-refractivity contribution in [3.63, 3.8) is 0 Å². The molecule has 2 rings (SSSR count). The van der Waals surface area contributed by atoms with Crippen molar-refractivity contribution in [2.45, 2.75) is 13.5 Å². The highest BCUT2D eigenvalue weighted by Crippen LogP contribution is 2.21. The van der Waals surface area contributed by atoms with E-state index in [1.807, 2.05) is 19.2 Å². The van der Waals surface area contributed by atoms with E-state index in [2.05, 4.69) is 41.1 Å². The number of nitrogen functional groups attached to an aromatic ring is 1. The van der Waals surface area contributed by atoms with Gasteiger partial charge in [-0.2, -0.15) is 0 Å². The van der Waals surface area contributed by atoms with E-state index < -0.39 is 0 Å². The first-order valence-corrected chi connectivity index (χ1v) is 5.64. The number of hydrogen-bond donors (Lipinski definition) is 1. The van der Waals surface area contributed by atoms with Crippen molar-refractivity contribution in [1.29, 1.82) is 0 Å². The molecule has 0 amide bonds. The average Bonchev–Trinajstić information content (AvgIpc) is 2.32. The van der Waals surface area contributed by atoms with E-state index in [4.69, 9.17) is 5.73 Å². The highest BCUT2D eigenvalue weighted by Gasteiger charge is 2.07. The molecule has 0 saturated heterocycles. The van der Waals surface area contributed by atoms with Crippen LogP contribution in [0.3, 0.4) is 0 Å². The summed E-state index contributed by atoms with van der Waals surface area (Å²) in [6, 6.07) is 12.3. The van der Waals surface area contributed by atoms with Gasteiger partial charge in [-0.1, -0.05) is 24.3 Å². The topological polar surface area (TPSA) is 42.2 Å². The van der Waals surface area contributed by atoms with Crippen LogP contribution in [0.25, 0.3) is 0 Å². The molecule has 0 aliphatic carbocycles. The number of nitrogens with zero attached hydrogens (tertiary/aromatic N) is 2. The van der Waals surface area contributed by atoms with Gasteiger partial charge in [-0.25, -0.2) is 4.98 Å². The first-order valence-electron chi connectivity index (χ1n) is 5.64. The standard InChI is InChI=1S/C14H17N3/c1-11-6-3-4-7-12(11)10-17(2)13-8-5-9-16-14(13)15/h3-9H,10H2,1-2H3,(H2,15,16). The molecule has 1 aromatic carbocycles. The second-order valence-corrected chi connectivity index (χ2v) is 4.19. The van der Waals surface area contributed by atoms with E-state index in [1.54, 1.807) is 6.20 Å². The maximum absolute atomic E-state index is 5.86. The number of rotatable bonds is 3. The Kier molecular flexibility index (Phi) is 3.28. The predicted molar refractivity (Wildman–Crippen MR) is 71.9 cm³/mol. The molecule has 2 N–H and O–H groups in total. The number of anilines is 2. The van der Waals surface area contributed by atoms with Crippen LogP contribution in [0.15, 0.2) is 42.6 Å². The van der Waals surface area contributed by atoms with E-state index in [0.717, 1.165) is 12.2 Å². The van der Waals surface area contributed by atoms with Gasteiger partial charge in [0, 0.05) is 19.8 Å². The first-order chi connectivity index (χ1) is 8.18. The van der Waals surface area contributed by atoms with Crippen LogP contribution in [0.2, 0.25) is 0 Å². The van der Waals surface area contributed by atoms with Crippen LogP contribution in [0.1, 0.15) is 11.1 Å². The fourth-order valence-corrected chi connectivity index (χ4v) is 1.86. The predicted octanol–water partition coefficient (Wildman–Crippen LogP) is 2.61. The summed E-state index contributed by atoms with van der Waals surface area (Å²) < 4.78 is 0. The molecule has 0 bridgehead atoms. The number of aryl methyl sites for hydroxylation is 1. The van der Waals surface area contributed by atoms with Crippen LogP contribution in [0.5, 0.6) is 0 Å². The summed E-state index contributed by atoms with van der Waals surface area (Å²) >= 11 is 0. The zero-order valence-corrected chi connectivity index (χ0v) is 10.2. The quantitative estimate of drug-likeness (QED) is 0.876. The van der Waals surface area contributed by atoms with Gasteiger partial charge in [0.2, 0.25) is 0 Å². The second-order valence-electron chi connectivity index (χ2n) is 4.19. The largest absolute Gasteiger partial charge is 0.382 e. The molecule has 0 unspecified atom stereocenters. The minimum atomic E-state index is 0.573. The first kappa shape index (κ1) is 11.5. The van der Waals surface area contributed by atoms with Crippen LogP contribution in [0, 0.1) is 6.92 Å². The Morgan fingerprint density at radius 2 is 1.94 bits per heavy atom. The van der Waals surface area contributed by atoms with Crippen LogP contribution < -0.4 is 10.6 Å². The number of hydrogen-bond acceptors (Lipinski definition) is 3. The Bertz CT molecular complexity index is 508. The van der Waals surface area contributed by atoms with E-state index in [1.165, 1.54) is 11.1 Å². The molecule has 2 aromatic rings. The third kappa shape index (κ3) is 2.56. The molecule has 0 radical (unpaired) electrons. The van der Waals surface area contributed by atoms with E-state index in [0.29, 0.717) is 5.82 Å². The van der Waals surface area contributed by atoms with Gasteiger partial charge in [-0.15, -0.1) is 0 Å². The van der Waals surface area contributed by atoms with Gasteiger partial charge in [-0.05, 0) is 30.2 Å². The summed E-state index contributed by atoms with van der Waals surface area (Å²) in [4.78, 5) is 6.22. The third-order valence-electron chi connectivity index (χ3n) is 2.90. The summed E-state index contributed by atoms with van der Waals surface area (Å²) in [7, 11) is 2.03. The molecule has 1 aromatic heterocycles. The number of aromatic nitrogens is 1. The van der Waals surface area contributed by atoms with Crippen LogP contribution in [-0.2, 0) is 6.54 Å². The van der Waals surface area contributed by atoms with Crippen LogP contribution >= 0.6 is 0 Å². The minimum absolute atomic E-state index is 0.573. The molecule has 0 fully saturated rings. The molecule has 0 spiro atoms. The summed E-state index contributed by atoms with van der Waals surface area (Å²) in [5.74, 6) is 0.573. The Balaban J connectivity index is 2.20. The van der Waals surface area contributed by atoms with E-state index in [9.17, 15) is 0 Å². The van der Waals surface area contributed by atoms with Crippen molar-refractivity contribution >= 4 is 11.5 Å². The second kappa shape index (κ2) is 4.87. The molecular formula is C14H17N3. The number of pyridine rings is 1. The lowest BCUT2D eigenvalue weighted by Crippen LogP contribution is -2.18. The SMILES string of the molecule is Cc1ccccc1CN(C)c1cccnc1N. The summed E-state index contributed by atoms with van der Waals surface area (Å²) in [6.07, 6.45) is 1.71. The zero-order chi connectivity index (χ0) is 12.3. The summed E-state index contributed by atoms with van der Waals surface area (Å²) in [5, 5.41) is 0. The lowest BCUT2D eigenvalue weighted by Gasteiger charge is -2.21. The molecule has 3 heteroatoms. The van der Waals surface area contributed by atoms with Crippen molar-refractivity contribution in [3.05, 3.63) is 53.7 Å². The Morgan fingerprint density at radius 1 is 1.18 bits per heavy atom. The van der Waals surface area contributed by atoms with Crippen molar-refractivity contribution in [1.82, 2.24) is 4.98 Å². The highest BCUT2D eigenvalue weighted by molar-refractivity contribution is 5.62. The molecule has 0 aliphatic heterocycles. The molecule has 0 saturated carbocycles. The van der Waals surface area contributed by atoms with Gasteiger partial charge in [0.15, 0.2) is 0 Å². The number of benzene rings is 1. The smallest absolute Gasteiger partial charge is 0.146 e. The fraction of sp³-hybridized carbons (Fsp3) is 0.214. The maximum Gasteiger partial charge on any atom is 0.146 e. The monoisotopic (exact) mass is 227 g/mol. The molecule has 3 nitrogen and oxygen atoms in total. The molecule has 0 atom stereocenters. The summed E-state index contributed by atoms with van der Waals surface area (Å²) in [6.45, 7) is 2.96. The molecule has 0 aliphatic rings. The van der Waals surface area contributed by atoms with Gasteiger partial charge in [0.05, 0.1) is 5.69 Å². The van der Waals surface area contributed by atoms with Gasteiger partial charge >= 0.3 is 0 Å². The Hall–Kier alpha value is -2.03. The van der Waals surface area contributed by atoms with Crippen LogP contribution in [-0.4, -0.2) is 12.0 Å². The number of nitrogens with two attached hydrogens (primary N) is 1. The molecule has 1 heterocycles. The molecular weight excluding hydrogens is 210 g/mol. The normalized spacial score (nSPS) is 10.2. The molecule has 88 valence electrons. The van der Waals surface area contributed by atoms with Crippen molar-refractivity contribution < 1.29 is 0 Å². The van der Waals surface area contributed by atoms with Gasteiger partial charge in [-0.3, -0.25) is 0 Å². The minimum Gasteiger partial charge on any atom is -0.382 e. The molecule has 17 heavy (non-hydrogen) atoms. The van der Waals surface area contributed by atoms with Crippen LogP contribution in [0.4, 0.5) is 11.5 Å². The van der Waals surface area contributed by atoms with Gasteiger partial charge in [0.1, 0.15) is 5.82 Å². The lowest BCUT2D eigenvalue weighted by atomic mass is 10.1. The maximum atomic E-state index is 5.86. The van der Waals surface area contributed by atoms with E-state index in [-0.39, 0.29) is 0 Å². The lowest BCUT2D eigenvalue weighted by molar-refractivity contribution is 0.912. The summed E-state index contributed by atoms with van der Waals surface area (Å²) in [5.41, 5.74) is 9.43. The van der Waals surface area contributed by atoms with Crippen molar-refractivity contribution in [2.75, 3.05) is 17.7 Å².